The molecule has 2 saturated heterocycles. The molecule has 2 aliphatic rings. The highest BCUT2D eigenvalue weighted by atomic mass is 35.5. The third-order valence-corrected chi connectivity index (χ3v) is 10.2. The summed E-state index contributed by atoms with van der Waals surface area (Å²) in [5, 5.41) is 0.577. The summed E-state index contributed by atoms with van der Waals surface area (Å²) in [5.74, 6) is 1.27. The van der Waals surface area contributed by atoms with E-state index in [1.807, 2.05) is 79.1 Å². The topological polar surface area (TPSA) is 93.2 Å². The monoisotopic (exact) mass is 776 g/mol. The van der Waals surface area contributed by atoms with Crippen molar-refractivity contribution >= 4 is 51.8 Å². The van der Waals surface area contributed by atoms with E-state index in [2.05, 4.69) is 9.97 Å². The molecule has 10 nitrogen and oxygen atoms in total. The fourth-order valence-electron chi connectivity index (χ4n) is 7.21. The van der Waals surface area contributed by atoms with Crippen LogP contribution in [-0.2, 0) is 17.8 Å². The van der Waals surface area contributed by atoms with Gasteiger partial charge in [-0.15, -0.1) is 0 Å². The van der Waals surface area contributed by atoms with Crippen molar-refractivity contribution in [3.05, 3.63) is 99.8 Å². The Morgan fingerprint density at radius 1 is 0.852 bits per heavy atom. The quantitative estimate of drug-likeness (QED) is 0.136. The average molecular weight is 778 g/mol. The van der Waals surface area contributed by atoms with Crippen LogP contribution in [0.3, 0.4) is 0 Å². The van der Waals surface area contributed by atoms with E-state index in [-0.39, 0.29) is 51.2 Å². The molecule has 282 valence electrons. The van der Waals surface area contributed by atoms with Crippen LogP contribution in [0.4, 0.5) is 25.2 Å². The minimum absolute atomic E-state index is 0.0318. The highest BCUT2D eigenvalue weighted by Gasteiger charge is 2.45. The van der Waals surface area contributed by atoms with E-state index >= 15 is 8.78 Å². The molecule has 0 spiro atoms. The van der Waals surface area contributed by atoms with Gasteiger partial charge in [0.05, 0.1) is 42.6 Å². The first-order valence-electron chi connectivity index (χ1n) is 17.6. The lowest BCUT2D eigenvalue weighted by atomic mass is 10.1. The fourth-order valence-corrected chi connectivity index (χ4v) is 7.70. The van der Waals surface area contributed by atoms with E-state index in [0.29, 0.717) is 37.0 Å². The number of amides is 1. The molecular weight excluding hydrogens is 737 g/mol. The molecule has 2 unspecified atom stereocenters. The van der Waals surface area contributed by atoms with Gasteiger partial charge >= 0.3 is 12.2 Å². The van der Waals surface area contributed by atoms with Crippen molar-refractivity contribution in [2.24, 2.45) is 0 Å². The van der Waals surface area contributed by atoms with Gasteiger partial charge in [0, 0.05) is 36.6 Å². The third-order valence-electron chi connectivity index (χ3n) is 9.64. The lowest BCUT2D eigenvalue weighted by Gasteiger charge is -2.42. The number of piperazine rings is 1. The van der Waals surface area contributed by atoms with Crippen LogP contribution in [0.25, 0.3) is 22.2 Å². The highest BCUT2D eigenvalue weighted by molar-refractivity contribution is 6.34. The summed E-state index contributed by atoms with van der Waals surface area (Å²) >= 11 is 13.6. The van der Waals surface area contributed by atoms with E-state index < -0.39 is 17.5 Å². The van der Waals surface area contributed by atoms with E-state index in [9.17, 15) is 4.79 Å². The standard InChI is InChI=1S/C40H40Cl2F2N6O4/c1-40(2,3)54-39(51)50-26-10-11-27(50)22-49(21-26)37-30-18-31(42)34(35(43)36(30)46-38(44)47-37)32-16-25(41)17-33(45-32)48(19-23-6-12-28(52-4)13-7-23)20-24-8-14-29(53-5)15-9-24/h6-9,12-18,26-27H,10-11,19-22H2,1-5H3. The number of pyridine rings is 1. The van der Waals surface area contributed by atoms with Gasteiger partial charge in [-0.05, 0) is 87.2 Å². The zero-order valence-corrected chi connectivity index (χ0v) is 32.1. The van der Waals surface area contributed by atoms with E-state index in [4.69, 9.17) is 42.4 Å². The number of fused-ring (bicyclic) bond motifs is 3. The number of carbonyl (C=O) groups excluding carboxylic acids is 1. The minimum atomic E-state index is -1.09. The average Bonchev–Trinajstić information content (AvgIpc) is 3.40. The summed E-state index contributed by atoms with van der Waals surface area (Å²) in [4.78, 5) is 31.6. The summed E-state index contributed by atoms with van der Waals surface area (Å²) in [6.07, 6.45) is 0.0348. The Morgan fingerprint density at radius 3 is 1.96 bits per heavy atom. The second kappa shape index (κ2) is 15.1. The maximum absolute atomic E-state index is 16.8. The van der Waals surface area contributed by atoms with E-state index in [0.717, 1.165) is 35.5 Å². The van der Waals surface area contributed by atoms with Gasteiger partial charge in [-0.3, -0.25) is 4.90 Å². The maximum atomic E-state index is 16.8. The number of nitrogens with zero attached hydrogens (tertiary/aromatic N) is 6. The summed E-state index contributed by atoms with van der Waals surface area (Å²) < 4.78 is 48.4. The summed E-state index contributed by atoms with van der Waals surface area (Å²) in [7, 11) is 3.22. The number of aromatic nitrogens is 3. The smallest absolute Gasteiger partial charge is 0.410 e. The van der Waals surface area contributed by atoms with Crippen molar-refractivity contribution in [3.63, 3.8) is 0 Å². The number of carbonyl (C=O) groups is 1. The van der Waals surface area contributed by atoms with Gasteiger partial charge in [-0.2, -0.15) is 14.4 Å². The first-order valence-corrected chi connectivity index (χ1v) is 18.4. The van der Waals surface area contributed by atoms with Crippen molar-refractivity contribution in [2.45, 2.75) is 64.4 Å². The van der Waals surface area contributed by atoms with Crippen molar-refractivity contribution in [1.29, 1.82) is 0 Å². The Bertz CT molecular complexity index is 2120. The molecule has 0 radical (unpaired) electrons. The SMILES string of the molecule is COc1ccc(CN(Cc2ccc(OC)cc2)c2cc(Cl)cc(-c3c(Cl)cc4c(N5CC6CCC(C5)N6C(=O)OC(C)(C)C)nc(F)nc4c3F)n2)cc1. The molecule has 54 heavy (non-hydrogen) atoms. The lowest BCUT2D eigenvalue weighted by Crippen LogP contribution is -2.57. The number of rotatable bonds is 9. The normalized spacial score (nSPS) is 16.8. The second-order valence-corrected chi connectivity index (χ2v) is 15.4. The van der Waals surface area contributed by atoms with Gasteiger partial charge in [-0.1, -0.05) is 47.5 Å². The fraction of sp³-hybridized carbons (Fsp3) is 0.350. The zero-order valence-electron chi connectivity index (χ0n) is 30.6. The third kappa shape index (κ3) is 7.81. The van der Waals surface area contributed by atoms with E-state index in [1.165, 1.54) is 6.07 Å². The molecule has 2 aliphatic heterocycles. The van der Waals surface area contributed by atoms with Crippen LogP contribution in [0, 0.1) is 11.9 Å². The molecular formula is C40H40Cl2F2N6O4. The maximum Gasteiger partial charge on any atom is 0.410 e. The van der Waals surface area contributed by atoms with Gasteiger partial charge in [0.1, 0.15) is 34.3 Å². The number of benzene rings is 3. The lowest BCUT2D eigenvalue weighted by molar-refractivity contribution is 0.0122. The molecule has 3 aromatic carbocycles. The zero-order chi connectivity index (χ0) is 38.3. The van der Waals surface area contributed by atoms with Gasteiger partial charge in [0.15, 0.2) is 5.82 Å². The highest BCUT2D eigenvalue weighted by Crippen LogP contribution is 2.41. The van der Waals surface area contributed by atoms with Crippen LogP contribution in [0.1, 0.15) is 44.7 Å². The van der Waals surface area contributed by atoms with Crippen LogP contribution in [0.15, 0.2) is 66.7 Å². The Hall–Kier alpha value is -4.94. The molecule has 1 amide bonds. The van der Waals surface area contributed by atoms with Crippen LogP contribution in [0.5, 0.6) is 11.5 Å². The molecule has 2 atom stereocenters. The Morgan fingerprint density at radius 2 is 1.43 bits per heavy atom. The molecule has 2 fully saturated rings. The molecule has 0 saturated carbocycles. The number of hydrogen-bond acceptors (Lipinski definition) is 9. The molecule has 4 heterocycles. The predicted molar refractivity (Wildman–Crippen MR) is 206 cm³/mol. The Labute approximate surface area is 322 Å². The molecule has 14 heteroatoms. The van der Waals surface area contributed by atoms with Gasteiger partial charge in [0.25, 0.3) is 0 Å². The molecule has 2 aromatic heterocycles. The number of halogens is 4. The van der Waals surface area contributed by atoms with Gasteiger partial charge in [0.2, 0.25) is 0 Å². The van der Waals surface area contributed by atoms with Crippen molar-refractivity contribution in [3.8, 4) is 22.8 Å². The van der Waals surface area contributed by atoms with Crippen molar-refractivity contribution in [2.75, 3.05) is 37.1 Å². The number of anilines is 2. The Kier molecular flexibility index (Phi) is 10.4. The number of hydrogen-bond donors (Lipinski definition) is 0. The molecule has 7 rings (SSSR count). The summed E-state index contributed by atoms with van der Waals surface area (Å²) in [6.45, 7) is 7.06. The number of ether oxygens (including phenoxy) is 3. The molecule has 0 aliphatic carbocycles. The summed E-state index contributed by atoms with van der Waals surface area (Å²) in [6, 6.07) is 19.7. The van der Waals surface area contributed by atoms with E-state index in [1.54, 1.807) is 31.3 Å². The predicted octanol–water partition coefficient (Wildman–Crippen LogP) is 9.09. The molecule has 0 N–H and O–H groups in total. The minimum Gasteiger partial charge on any atom is -0.497 e. The summed E-state index contributed by atoms with van der Waals surface area (Å²) in [5.41, 5.74) is 1.15. The molecule has 2 bridgehead atoms. The van der Waals surface area contributed by atoms with Crippen LogP contribution in [0.2, 0.25) is 10.0 Å². The van der Waals surface area contributed by atoms with Gasteiger partial charge < -0.3 is 24.0 Å². The first-order chi connectivity index (χ1) is 25.8. The second-order valence-electron chi connectivity index (χ2n) is 14.5. The van der Waals surface area contributed by atoms with Gasteiger partial charge in [-0.25, -0.2) is 14.2 Å². The van der Waals surface area contributed by atoms with Crippen LogP contribution in [-0.4, -0.2) is 70.9 Å². The first kappa shape index (κ1) is 37.4. The largest absolute Gasteiger partial charge is 0.497 e. The van der Waals surface area contributed by atoms with Crippen LogP contribution < -0.4 is 19.3 Å². The van der Waals surface area contributed by atoms with Crippen molar-refractivity contribution in [1.82, 2.24) is 19.9 Å². The van der Waals surface area contributed by atoms with Crippen LogP contribution >= 0.6 is 23.2 Å². The number of methoxy groups -OCH3 is 2. The van der Waals surface area contributed by atoms with Crippen molar-refractivity contribution < 1.29 is 27.8 Å². The Balaban J connectivity index is 1.24. The molecule has 5 aromatic rings.